The lowest BCUT2D eigenvalue weighted by Crippen LogP contribution is -2.60. The highest BCUT2D eigenvalue weighted by molar-refractivity contribution is 5.93. The van der Waals surface area contributed by atoms with Crippen LogP contribution in [0, 0.1) is 0 Å². The minimum Gasteiger partial charge on any atom is -0.497 e. The molecule has 1 aliphatic heterocycles. The zero-order valence-corrected chi connectivity index (χ0v) is 17.9. The summed E-state index contributed by atoms with van der Waals surface area (Å²) in [6.07, 6.45) is -8.01. The van der Waals surface area contributed by atoms with E-state index >= 15 is 0 Å². The molecule has 3 aromatic rings. The van der Waals surface area contributed by atoms with Gasteiger partial charge in [0.15, 0.2) is 5.75 Å². The van der Waals surface area contributed by atoms with Gasteiger partial charge in [-0.2, -0.15) is 0 Å². The maximum atomic E-state index is 12.8. The van der Waals surface area contributed by atoms with E-state index in [1.165, 1.54) is 37.4 Å². The molecule has 1 aromatic heterocycles. The fourth-order valence-electron chi connectivity index (χ4n) is 3.47. The molecule has 11 nitrogen and oxygen atoms in total. The number of aliphatic hydroxyl groups excluding tert-OH is 4. The van der Waals surface area contributed by atoms with E-state index in [9.17, 15) is 30.0 Å². The van der Waals surface area contributed by atoms with Gasteiger partial charge in [0.25, 0.3) is 5.75 Å². The molecule has 2 heterocycles. The topological polar surface area (TPSA) is 165 Å². The van der Waals surface area contributed by atoms with Crippen LogP contribution in [0.25, 0.3) is 11.0 Å². The van der Waals surface area contributed by atoms with Crippen LogP contribution in [0.3, 0.4) is 0 Å². The van der Waals surface area contributed by atoms with Crippen molar-refractivity contribution in [2.24, 2.45) is 0 Å². The first-order valence-corrected chi connectivity index (χ1v) is 10.2. The average molecular weight is 474 g/mol. The number of carbonyl (C=O) groups is 1. The highest BCUT2D eigenvalue weighted by Crippen LogP contribution is 2.37. The normalized spacial score (nSPS) is 24.6. The monoisotopic (exact) mass is 474 g/mol. The Morgan fingerprint density at radius 1 is 1.00 bits per heavy atom. The first-order chi connectivity index (χ1) is 16.3. The minimum absolute atomic E-state index is 0.0171. The molecule has 2 aromatic carbocycles. The van der Waals surface area contributed by atoms with Crippen LogP contribution in [-0.4, -0.2) is 70.8 Å². The van der Waals surface area contributed by atoms with Gasteiger partial charge in [-0.3, -0.25) is 0 Å². The highest BCUT2D eigenvalue weighted by atomic mass is 16.7. The molecule has 1 fully saturated rings. The summed E-state index contributed by atoms with van der Waals surface area (Å²) >= 11 is 0. The number of benzene rings is 2. The van der Waals surface area contributed by atoms with Crippen LogP contribution in [0.2, 0.25) is 0 Å². The second kappa shape index (κ2) is 9.79. The Kier molecular flexibility index (Phi) is 6.82. The van der Waals surface area contributed by atoms with Crippen LogP contribution in [0.1, 0.15) is 10.4 Å². The molecule has 0 radical (unpaired) electrons. The zero-order valence-electron chi connectivity index (χ0n) is 17.9. The smallest absolute Gasteiger partial charge is 0.383 e. The van der Waals surface area contributed by atoms with Crippen LogP contribution in [0.5, 0.6) is 17.2 Å². The van der Waals surface area contributed by atoms with Crippen molar-refractivity contribution in [3.05, 3.63) is 64.5 Å². The fraction of sp³-hybridized carbons (Fsp3) is 0.304. The number of rotatable bonds is 6. The molecule has 4 N–H and O–H groups in total. The third-order valence-electron chi connectivity index (χ3n) is 5.31. The van der Waals surface area contributed by atoms with E-state index in [1.807, 2.05) is 0 Å². The van der Waals surface area contributed by atoms with Crippen molar-refractivity contribution in [2.75, 3.05) is 13.7 Å². The van der Waals surface area contributed by atoms with E-state index in [0.29, 0.717) is 5.75 Å². The lowest BCUT2D eigenvalue weighted by atomic mass is 9.99. The third-order valence-corrected chi connectivity index (χ3v) is 5.31. The number of hydrogen-bond donors (Lipinski definition) is 4. The van der Waals surface area contributed by atoms with E-state index in [1.54, 1.807) is 18.2 Å². The molecule has 5 atom stereocenters. The Bertz CT molecular complexity index is 1220. The number of methoxy groups -OCH3 is 1. The molecule has 1 saturated heterocycles. The predicted molar refractivity (Wildman–Crippen MR) is 115 cm³/mol. The predicted octanol–water partition coefficient (Wildman–Crippen LogP) is 0.199. The standard InChI is InChI=1S/C23H22O11/c1-30-12-7-8-13-14(9-12)31-22(29)20(33-21(28)11-5-3-2-4-6-11)19(13)34-23-18(27)17(26)16(25)15(10-24)32-23/h2-9,15-18,23-27H,10H2,1H3/t15-,16-,17+,18+,23-/m1/s1. The molecule has 0 bridgehead atoms. The summed E-state index contributed by atoms with van der Waals surface area (Å²) in [5, 5.41) is 40.1. The molecule has 11 heteroatoms. The quantitative estimate of drug-likeness (QED) is 0.285. The van der Waals surface area contributed by atoms with E-state index < -0.39 is 54.7 Å². The molecule has 0 aliphatic carbocycles. The summed E-state index contributed by atoms with van der Waals surface area (Å²) in [6.45, 7) is -0.685. The van der Waals surface area contributed by atoms with Crippen LogP contribution in [0.4, 0.5) is 0 Å². The fourth-order valence-corrected chi connectivity index (χ4v) is 3.47. The molecule has 4 rings (SSSR count). The Hall–Kier alpha value is -3.48. The van der Waals surface area contributed by atoms with E-state index in [0.717, 1.165) is 0 Å². The van der Waals surface area contributed by atoms with Crippen LogP contribution < -0.4 is 19.8 Å². The number of carbonyl (C=O) groups excluding carboxylic acids is 1. The van der Waals surface area contributed by atoms with Crippen LogP contribution >= 0.6 is 0 Å². The molecular formula is C23H22O11. The van der Waals surface area contributed by atoms with Gasteiger partial charge in [-0.25, -0.2) is 9.59 Å². The summed E-state index contributed by atoms with van der Waals surface area (Å²) in [5.74, 6) is -1.45. The molecule has 1 aliphatic rings. The minimum atomic E-state index is -1.77. The molecule has 0 saturated carbocycles. The van der Waals surface area contributed by atoms with Crippen molar-refractivity contribution in [1.82, 2.24) is 0 Å². The molecule has 34 heavy (non-hydrogen) atoms. The zero-order chi connectivity index (χ0) is 24.4. The van der Waals surface area contributed by atoms with Crippen LogP contribution in [0.15, 0.2) is 57.7 Å². The largest absolute Gasteiger partial charge is 0.497 e. The molecular weight excluding hydrogens is 452 g/mol. The summed E-state index contributed by atoms with van der Waals surface area (Å²) in [4.78, 5) is 25.4. The lowest BCUT2D eigenvalue weighted by molar-refractivity contribution is -0.277. The van der Waals surface area contributed by atoms with Gasteiger partial charge in [0.2, 0.25) is 6.29 Å². The van der Waals surface area contributed by atoms with Crippen molar-refractivity contribution in [2.45, 2.75) is 30.7 Å². The number of ether oxygens (including phenoxy) is 4. The highest BCUT2D eigenvalue weighted by Gasteiger charge is 2.45. The first kappa shape index (κ1) is 23.7. The molecule has 0 unspecified atom stereocenters. The Morgan fingerprint density at radius 2 is 1.74 bits per heavy atom. The van der Waals surface area contributed by atoms with Gasteiger partial charge in [0.05, 0.1) is 24.7 Å². The summed E-state index contributed by atoms with van der Waals surface area (Å²) < 4.78 is 26.8. The number of fused-ring (bicyclic) bond motifs is 1. The summed E-state index contributed by atoms with van der Waals surface area (Å²) in [6, 6.07) is 12.3. The second-order valence-corrected chi connectivity index (χ2v) is 7.48. The first-order valence-electron chi connectivity index (χ1n) is 10.2. The van der Waals surface area contributed by atoms with Gasteiger partial charge in [-0.05, 0) is 24.3 Å². The molecule has 180 valence electrons. The SMILES string of the molecule is COc1ccc2c(O[C@H]3O[C@H](CO)[C@@H](O)[C@H](O)[C@@H]3O)c(OC(=O)c3ccccc3)c(=O)oc2c1. The van der Waals surface area contributed by atoms with E-state index in [-0.39, 0.29) is 22.3 Å². The Labute approximate surface area is 192 Å². The second-order valence-electron chi connectivity index (χ2n) is 7.48. The van der Waals surface area contributed by atoms with Gasteiger partial charge in [0.1, 0.15) is 35.7 Å². The summed E-state index contributed by atoms with van der Waals surface area (Å²) in [7, 11) is 1.42. The van der Waals surface area contributed by atoms with Crippen LogP contribution in [-0.2, 0) is 4.74 Å². The molecule has 0 amide bonds. The van der Waals surface area contributed by atoms with Crippen molar-refractivity contribution in [3.63, 3.8) is 0 Å². The van der Waals surface area contributed by atoms with Gasteiger partial charge >= 0.3 is 11.6 Å². The lowest BCUT2D eigenvalue weighted by Gasteiger charge is -2.39. The van der Waals surface area contributed by atoms with E-state index in [4.69, 9.17) is 23.4 Å². The van der Waals surface area contributed by atoms with Crippen molar-refractivity contribution < 1.29 is 48.6 Å². The van der Waals surface area contributed by atoms with Crippen molar-refractivity contribution in [1.29, 1.82) is 0 Å². The Balaban J connectivity index is 1.79. The third kappa shape index (κ3) is 4.47. The van der Waals surface area contributed by atoms with Crippen molar-refractivity contribution in [3.8, 4) is 17.2 Å². The van der Waals surface area contributed by atoms with Gasteiger partial charge < -0.3 is 43.8 Å². The summed E-state index contributed by atoms with van der Waals surface area (Å²) in [5.41, 5.74) is -0.899. The van der Waals surface area contributed by atoms with Crippen molar-refractivity contribution >= 4 is 16.9 Å². The maximum Gasteiger partial charge on any atom is 0.383 e. The molecule has 0 spiro atoms. The van der Waals surface area contributed by atoms with Gasteiger partial charge in [-0.1, -0.05) is 18.2 Å². The number of esters is 1. The Morgan fingerprint density at radius 3 is 2.41 bits per heavy atom. The average Bonchev–Trinajstić information content (AvgIpc) is 2.86. The van der Waals surface area contributed by atoms with Gasteiger partial charge in [-0.15, -0.1) is 0 Å². The van der Waals surface area contributed by atoms with E-state index in [2.05, 4.69) is 0 Å². The maximum absolute atomic E-state index is 12.8. The number of hydrogen-bond acceptors (Lipinski definition) is 11. The number of aliphatic hydroxyl groups is 4. The van der Waals surface area contributed by atoms with Gasteiger partial charge in [0, 0.05) is 6.07 Å².